The minimum absolute atomic E-state index is 0.0733. The van der Waals surface area contributed by atoms with E-state index in [1.165, 1.54) is 4.88 Å². The van der Waals surface area contributed by atoms with E-state index in [9.17, 15) is 4.79 Å². The maximum Gasteiger partial charge on any atom is 0.241 e. The van der Waals surface area contributed by atoms with Gasteiger partial charge in [-0.2, -0.15) is 0 Å². The number of rotatable bonds is 5. The summed E-state index contributed by atoms with van der Waals surface area (Å²) in [4.78, 5) is 14.9. The molecule has 2 aromatic rings. The minimum atomic E-state index is 0.0733. The summed E-state index contributed by atoms with van der Waals surface area (Å²) in [6, 6.07) is 11.8. The van der Waals surface area contributed by atoms with Crippen molar-refractivity contribution in [3.8, 4) is 0 Å². The van der Waals surface area contributed by atoms with Crippen molar-refractivity contribution in [1.82, 2.24) is 4.90 Å². The van der Waals surface area contributed by atoms with Crippen LogP contribution in [0.25, 0.3) is 0 Å². The Bertz CT molecular complexity index is 542. The van der Waals surface area contributed by atoms with Gasteiger partial charge in [0.25, 0.3) is 0 Å². The van der Waals surface area contributed by atoms with Gasteiger partial charge in [-0.15, -0.1) is 11.3 Å². The summed E-state index contributed by atoms with van der Waals surface area (Å²) in [5.74, 6) is 0.0733. The molecule has 0 spiro atoms. The molecule has 0 atom stereocenters. The average Bonchev–Trinajstić information content (AvgIpc) is 2.90. The van der Waals surface area contributed by atoms with E-state index in [4.69, 9.17) is 0 Å². The lowest BCUT2D eigenvalue weighted by Crippen LogP contribution is -2.31. The fraction of sp³-hybridized carbons (Fsp3) is 0.214. The summed E-state index contributed by atoms with van der Waals surface area (Å²) >= 11 is 5.11. The van der Waals surface area contributed by atoms with Crippen LogP contribution in [0.3, 0.4) is 0 Å². The highest BCUT2D eigenvalue weighted by Crippen LogP contribution is 2.20. The van der Waals surface area contributed by atoms with E-state index in [2.05, 4.69) is 21.2 Å². The predicted octanol–water partition coefficient (Wildman–Crippen LogP) is 3.58. The van der Waals surface area contributed by atoms with E-state index >= 15 is 0 Å². The molecule has 0 aliphatic rings. The van der Waals surface area contributed by atoms with Crippen molar-refractivity contribution < 1.29 is 4.79 Å². The molecular formula is C14H15BrN2OS. The largest absolute Gasteiger partial charge is 0.375 e. The molecule has 2 rings (SSSR count). The van der Waals surface area contributed by atoms with Gasteiger partial charge in [0.15, 0.2) is 0 Å². The van der Waals surface area contributed by atoms with Gasteiger partial charge in [-0.25, -0.2) is 0 Å². The quantitative estimate of drug-likeness (QED) is 0.903. The van der Waals surface area contributed by atoms with Crippen LogP contribution < -0.4 is 5.32 Å². The van der Waals surface area contributed by atoms with Gasteiger partial charge in [-0.05, 0) is 39.5 Å². The monoisotopic (exact) mass is 338 g/mol. The van der Waals surface area contributed by atoms with E-state index in [1.807, 2.05) is 48.8 Å². The highest BCUT2D eigenvalue weighted by molar-refractivity contribution is 9.10. The number of halogens is 1. The number of thiophene rings is 1. The number of hydrogen-bond acceptors (Lipinski definition) is 3. The van der Waals surface area contributed by atoms with Crippen molar-refractivity contribution >= 4 is 38.9 Å². The number of amides is 1. The van der Waals surface area contributed by atoms with Crippen molar-refractivity contribution in [2.45, 2.75) is 6.54 Å². The van der Waals surface area contributed by atoms with Gasteiger partial charge in [-0.3, -0.25) is 4.79 Å². The molecule has 0 bridgehead atoms. The highest BCUT2D eigenvalue weighted by Gasteiger charge is 2.10. The molecule has 5 heteroatoms. The number of anilines is 1. The average molecular weight is 339 g/mol. The van der Waals surface area contributed by atoms with Crippen LogP contribution in [-0.4, -0.2) is 24.4 Å². The van der Waals surface area contributed by atoms with E-state index in [1.54, 1.807) is 16.2 Å². The van der Waals surface area contributed by atoms with Gasteiger partial charge in [0.2, 0.25) is 5.91 Å². The van der Waals surface area contributed by atoms with Crippen LogP contribution in [0, 0.1) is 0 Å². The van der Waals surface area contributed by atoms with Gasteiger partial charge in [-0.1, -0.05) is 18.2 Å². The number of nitrogens with zero attached hydrogens (tertiary/aromatic N) is 1. The Labute approximate surface area is 125 Å². The van der Waals surface area contributed by atoms with Crippen LogP contribution in [0.4, 0.5) is 5.69 Å². The maximum atomic E-state index is 12.0. The Morgan fingerprint density at radius 3 is 2.79 bits per heavy atom. The van der Waals surface area contributed by atoms with E-state index in [0.717, 1.165) is 10.2 Å². The third-order valence-corrected chi connectivity index (χ3v) is 4.26. The first kappa shape index (κ1) is 14.1. The third-order valence-electron chi connectivity index (χ3n) is 2.70. The molecule has 0 radical (unpaired) electrons. The molecule has 1 N–H and O–H groups in total. The number of likely N-dealkylation sites (N-methyl/N-ethyl adjacent to an activating group) is 1. The van der Waals surface area contributed by atoms with Crippen molar-refractivity contribution in [3.63, 3.8) is 0 Å². The number of hydrogen-bond donors (Lipinski definition) is 1. The Hall–Kier alpha value is -1.33. The van der Waals surface area contributed by atoms with Crippen LogP contribution >= 0.6 is 27.3 Å². The van der Waals surface area contributed by atoms with Crippen molar-refractivity contribution in [2.24, 2.45) is 0 Å². The standard InChI is InChI=1S/C14H15BrN2OS/c1-17(10-11-5-4-8-19-11)14(18)9-16-13-7-3-2-6-12(13)15/h2-8,16H,9-10H2,1H3. The van der Waals surface area contributed by atoms with Crippen LogP contribution in [0.15, 0.2) is 46.3 Å². The lowest BCUT2D eigenvalue weighted by Gasteiger charge is -2.17. The van der Waals surface area contributed by atoms with Gasteiger partial charge in [0.1, 0.15) is 0 Å². The molecule has 1 amide bonds. The Morgan fingerprint density at radius 2 is 2.11 bits per heavy atom. The summed E-state index contributed by atoms with van der Waals surface area (Å²) in [5, 5.41) is 5.16. The summed E-state index contributed by atoms with van der Waals surface area (Å²) in [5.41, 5.74) is 0.931. The zero-order valence-electron chi connectivity index (χ0n) is 10.6. The Kier molecular flexibility index (Phi) is 4.99. The molecule has 1 heterocycles. The molecule has 0 fully saturated rings. The smallest absolute Gasteiger partial charge is 0.241 e. The number of para-hydroxylation sites is 1. The van der Waals surface area contributed by atoms with Crippen LogP contribution in [0.5, 0.6) is 0 Å². The third kappa shape index (κ3) is 4.08. The number of carbonyl (C=O) groups excluding carboxylic acids is 1. The number of benzene rings is 1. The zero-order valence-corrected chi connectivity index (χ0v) is 13.0. The fourth-order valence-electron chi connectivity index (χ4n) is 1.63. The van der Waals surface area contributed by atoms with Crippen LogP contribution in [0.1, 0.15) is 4.88 Å². The topological polar surface area (TPSA) is 32.3 Å². The first-order valence-electron chi connectivity index (χ1n) is 5.91. The van der Waals surface area contributed by atoms with Gasteiger partial charge < -0.3 is 10.2 Å². The lowest BCUT2D eigenvalue weighted by molar-refractivity contribution is -0.128. The molecule has 0 aliphatic carbocycles. The molecule has 0 saturated heterocycles. The first-order valence-corrected chi connectivity index (χ1v) is 7.59. The zero-order chi connectivity index (χ0) is 13.7. The number of carbonyl (C=O) groups is 1. The Balaban J connectivity index is 1.86. The fourth-order valence-corrected chi connectivity index (χ4v) is 2.82. The minimum Gasteiger partial charge on any atom is -0.375 e. The Morgan fingerprint density at radius 1 is 1.32 bits per heavy atom. The second-order valence-corrected chi connectivity index (χ2v) is 6.05. The highest BCUT2D eigenvalue weighted by atomic mass is 79.9. The van der Waals surface area contributed by atoms with E-state index < -0.39 is 0 Å². The van der Waals surface area contributed by atoms with Gasteiger partial charge in [0, 0.05) is 22.1 Å². The maximum absolute atomic E-state index is 12.0. The molecular weight excluding hydrogens is 324 g/mol. The van der Waals surface area contributed by atoms with E-state index in [-0.39, 0.29) is 5.91 Å². The van der Waals surface area contributed by atoms with Crippen molar-refractivity contribution in [3.05, 3.63) is 51.1 Å². The summed E-state index contributed by atoms with van der Waals surface area (Å²) in [6.45, 7) is 0.957. The second-order valence-electron chi connectivity index (χ2n) is 4.16. The van der Waals surface area contributed by atoms with Crippen molar-refractivity contribution in [2.75, 3.05) is 18.9 Å². The van der Waals surface area contributed by atoms with E-state index in [0.29, 0.717) is 13.1 Å². The molecule has 1 aromatic heterocycles. The molecule has 3 nitrogen and oxygen atoms in total. The first-order chi connectivity index (χ1) is 9.16. The normalized spacial score (nSPS) is 10.2. The molecule has 0 saturated carbocycles. The number of nitrogens with one attached hydrogen (secondary N) is 1. The van der Waals surface area contributed by atoms with Crippen molar-refractivity contribution in [1.29, 1.82) is 0 Å². The van der Waals surface area contributed by atoms with Crippen LogP contribution in [-0.2, 0) is 11.3 Å². The summed E-state index contributed by atoms with van der Waals surface area (Å²) < 4.78 is 0.962. The summed E-state index contributed by atoms with van der Waals surface area (Å²) in [7, 11) is 1.82. The van der Waals surface area contributed by atoms with Gasteiger partial charge in [0.05, 0.1) is 13.1 Å². The summed E-state index contributed by atoms with van der Waals surface area (Å²) in [6.07, 6.45) is 0. The predicted molar refractivity (Wildman–Crippen MR) is 83.4 cm³/mol. The SMILES string of the molecule is CN(Cc1cccs1)C(=O)CNc1ccccc1Br. The van der Waals surface area contributed by atoms with Gasteiger partial charge >= 0.3 is 0 Å². The van der Waals surface area contributed by atoms with Crippen LogP contribution in [0.2, 0.25) is 0 Å². The molecule has 1 aromatic carbocycles. The lowest BCUT2D eigenvalue weighted by atomic mass is 10.3. The molecule has 19 heavy (non-hydrogen) atoms. The molecule has 0 unspecified atom stereocenters. The molecule has 100 valence electrons. The molecule has 0 aliphatic heterocycles. The second kappa shape index (κ2) is 6.73.